The molecular weight excluding hydrogens is 268 g/mol. The minimum Gasteiger partial charge on any atom is -0.497 e. The van der Waals surface area contributed by atoms with E-state index in [1.165, 1.54) is 0 Å². The van der Waals surface area contributed by atoms with Gasteiger partial charge in [-0.05, 0) is 12.1 Å². The molecule has 0 unspecified atom stereocenters. The number of hydrogen-bond acceptors (Lipinski definition) is 6. The van der Waals surface area contributed by atoms with Crippen molar-refractivity contribution in [1.29, 1.82) is 0 Å². The van der Waals surface area contributed by atoms with Gasteiger partial charge in [0.25, 0.3) is 0 Å². The van der Waals surface area contributed by atoms with Crippen molar-refractivity contribution in [3.63, 3.8) is 0 Å². The number of aromatic amines is 1. The number of aromatic nitrogens is 4. The molecule has 7 heteroatoms. The Morgan fingerprint density at radius 3 is 2.90 bits per heavy atom. The van der Waals surface area contributed by atoms with Crippen LogP contribution in [-0.2, 0) is 0 Å². The van der Waals surface area contributed by atoms with E-state index in [1.54, 1.807) is 20.5 Å². The number of nitrogens with zero attached hydrogens (tertiary/aromatic N) is 4. The van der Waals surface area contributed by atoms with Crippen LogP contribution in [0.5, 0.6) is 5.75 Å². The fraction of sp³-hybridized carbons (Fsp3) is 0.214. The van der Waals surface area contributed by atoms with Crippen LogP contribution in [-0.4, -0.2) is 41.1 Å². The zero-order valence-corrected chi connectivity index (χ0v) is 12.1. The van der Waals surface area contributed by atoms with E-state index in [4.69, 9.17) is 4.74 Å². The number of benzene rings is 1. The molecule has 3 aromatic rings. The number of nitrogens with one attached hydrogen (secondary N) is 2. The van der Waals surface area contributed by atoms with Gasteiger partial charge >= 0.3 is 0 Å². The lowest BCUT2D eigenvalue weighted by Gasteiger charge is -2.19. The van der Waals surface area contributed by atoms with Crippen LogP contribution in [0.25, 0.3) is 11.2 Å². The number of methoxy groups -OCH3 is 1. The van der Waals surface area contributed by atoms with Crippen LogP contribution < -0.4 is 15.0 Å². The van der Waals surface area contributed by atoms with E-state index < -0.39 is 0 Å². The van der Waals surface area contributed by atoms with Crippen LogP contribution in [0.2, 0.25) is 0 Å². The normalized spacial score (nSPS) is 10.6. The molecule has 0 saturated carbocycles. The molecule has 2 heterocycles. The van der Waals surface area contributed by atoms with Gasteiger partial charge in [0, 0.05) is 25.8 Å². The molecule has 2 N–H and O–H groups in total. The first-order valence-electron chi connectivity index (χ1n) is 6.49. The van der Waals surface area contributed by atoms with E-state index in [2.05, 4.69) is 25.3 Å². The molecule has 0 spiro atoms. The maximum atomic E-state index is 5.27. The van der Waals surface area contributed by atoms with Crippen LogP contribution in [0.1, 0.15) is 0 Å². The monoisotopic (exact) mass is 284 g/mol. The number of fused-ring (bicyclic) bond motifs is 1. The summed E-state index contributed by atoms with van der Waals surface area (Å²) in [7, 11) is 5.37. The minimum atomic E-state index is 0.527. The molecular formula is C14H16N6O. The molecule has 0 saturated heterocycles. The predicted molar refractivity (Wildman–Crippen MR) is 82.3 cm³/mol. The molecule has 0 atom stereocenters. The van der Waals surface area contributed by atoms with Crippen molar-refractivity contribution in [3.8, 4) is 5.75 Å². The van der Waals surface area contributed by atoms with Gasteiger partial charge in [-0.3, -0.25) is 0 Å². The van der Waals surface area contributed by atoms with Gasteiger partial charge in [0.2, 0.25) is 5.95 Å². The molecule has 0 aliphatic heterocycles. The first-order chi connectivity index (χ1) is 10.2. The third-order valence-electron chi connectivity index (χ3n) is 3.25. The molecule has 1 aromatic carbocycles. The lowest BCUT2D eigenvalue weighted by Crippen LogP contribution is -2.13. The number of rotatable bonds is 4. The van der Waals surface area contributed by atoms with Gasteiger partial charge in [0.1, 0.15) is 11.3 Å². The summed E-state index contributed by atoms with van der Waals surface area (Å²) < 4.78 is 5.27. The Kier molecular flexibility index (Phi) is 3.31. The van der Waals surface area contributed by atoms with Crippen LogP contribution >= 0.6 is 0 Å². The highest BCUT2D eigenvalue weighted by Gasteiger charge is 2.15. The Bertz CT molecular complexity index is 769. The highest BCUT2D eigenvalue weighted by Crippen LogP contribution is 2.29. The van der Waals surface area contributed by atoms with Gasteiger partial charge in [-0.2, -0.15) is 9.97 Å². The summed E-state index contributed by atoms with van der Waals surface area (Å²) in [6, 6.07) is 7.78. The average molecular weight is 284 g/mol. The number of ether oxygens (including phenoxy) is 1. The second kappa shape index (κ2) is 5.28. The third-order valence-corrected chi connectivity index (χ3v) is 3.25. The fourth-order valence-corrected chi connectivity index (χ4v) is 2.11. The second-order valence-corrected chi connectivity index (χ2v) is 4.48. The van der Waals surface area contributed by atoms with Crippen molar-refractivity contribution in [2.24, 2.45) is 0 Å². The Morgan fingerprint density at radius 1 is 1.29 bits per heavy atom. The zero-order chi connectivity index (χ0) is 14.8. The van der Waals surface area contributed by atoms with E-state index in [0.717, 1.165) is 22.8 Å². The summed E-state index contributed by atoms with van der Waals surface area (Å²) in [4.78, 5) is 18.1. The van der Waals surface area contributed by atoms with Crippen LogP contribution in [0, 0.1) is 0 Å². The van der Waals surface area contributed by atoms with Crippen LogP contribution in [0.4, 0.5) is 17.5 Å². The molecule has 0 fully saturated rings. The van der Waals surface area contributed by atoms with Gasteiger partial charge in [0.15, 0.2) is 11.5 Å². The van der Waals surface area contributed by atoms with Gasteiger partial charge < -0.3 is 19.9 Å². The SMILES string of the molecule is CNc1nc(N(C)c2cccc(OC)c2)c2[nH]cnc2n1. The fourth-order valence-electron chi connectivity index (χ4n) is 2.11. The number of imidazole rings is 1. The molecule has 0 aliphatic carbocycles. The topological polar surface area (TPSA) is 79.0 Å². The lowest BCUT2D eigenvalue weighted by molar-refractivity contribution is 0.415. The number of hydrogen-bond donors (Lipinski definition) is 2. The molecule has 0 aliphatic rings. The summed E-state index contributed by atoms with van der Waals surface area (Å²) >= 11 is 0. The van der Waals surface area contributed by atoms with Crippen molar-refractivity contribution >= 4 is 28.6 Å². The van der Waals surface area contributed by atoms with Crippen molar-refractivity contribution in [3.05, 3.63) is 30.6 Å². The Hall–Kier alpha value is -2.83. The van der Waals surface area contributed by atoms with Gasteiger partial charge in [0.05, 0.1) is 13.4 Å². The molecule has 0 radical (unpaired) electrons. The van der Waals surface area contributed by atoms with Crippen molar-refractivity contribution in [2.45, 2.75) is 0 Å². The predicted octanol–water partition coefficient (Wildman–Crippen LogP) is 2.17. The van der Waals surface area contributed by atoms with Crippen molar-refractivity contribution in [2.75, 3.05) is 31.4 Å². The van der Waals surface area contributed by atoms with E-state index in [1.807, 2.05) is 36.2 Å². The highest BCUT2D eigenvalue weighted by atomic mass is 16.5. The van der Waals surface area contributed by atoms with Gasteiger partial charge in [-0.25, -0.2) is 4.98 Å². The van der Waals surface area contributed by atoms with E-state index >= 15 is 0 Å². The maximum absolute atomic E-state index is 5.27. The van der Waals surface area contributed by atoms with Crippen molar-refractivity contribution in [1.82, 2.24) is 19.9 Å². The minimum absolute atomic E-state index is 0.527. The Balaban J connectivity index is 2.11. The molecule has 0 bridgehead atoms. The average Bonchev–Trinajstić information content (AvgIpc) is 3.01. The molecule has 21 heavy (non-hydrogen) atoms. The summed E-state index contributed by atoms with van der Waals surface area (Å²) in [5.41, 5.74) is 2.38. The second-order valence-electron chi connectivity index (χ2n) is 4.48. The quantitative estimate of drug-likeness (QED) is 0.764. The zero-order valence-electron chi connectivity index (χ0n) is 12.1. The maximum Gasteiger partial charge on any atom is 0.226 e. The Morgan fingerprint density at radius 2 is 2.14 bits per heavy atom. The van der Waals surface area contributed by atoms with Gasteiger partial charge in [-0.15, -0.1) is 0 Å². The third kappa shape index (κ3) is 2.33. The summed E-state index contributed by atoms with van der Waals surface area (Å²) in [6.07, 6.45) is 1.61. The Labute approximate surface area is 122 Å². The smallest absolute Gasteiger partial charge is 0.226 e. The highest BCUT2D eigenvalue weighted by molar-refractivity contribution is 5.87. The van der Waals surface area contributed by atoms with E-state index in [-0.39, 0.29) is 0 Å². The van der Waals surface area contributed by atoms with E-state index in [9.17, 15) is 0 Å². The first-order valence-corrected chi connectivity index (χ1v) is 6.49. The molecule has 0 amide bonds. The molecule has 108 valence electrons. The van der Waals surface area contributed by atoms with Gasteiger partial charge in [-0.1, -0.05) is 6.07 Å². The molecule has 3 rings (SSSR count). The number of H-pyrrole nitrogens is 1. The van der Waals surface area contributed by atoms with Crippen LogP contribution in [0.15, 0.2) is 30.6 Å². The summed E-state index contributed by atoms with van der Waals surface area (Å²) in [5.74, 6) is 2.07. The molecule has 7 nitrogen and oxygen atoms in total. The lowest BCUT2D eigenvalue weighted by atomic mass is 10.2. The molecule has 2 aromatic heterocycles. The standard InChI is InChI=1S/C14H16N6O/c1-15-14-18-12-11(16-8-17-12)13(19-14)20(2)9-5-4-6-10(7-9)21-3/h4-8H,1-3H3,(H2,15,16,17,18,19). The number of anilines is 3. The van der Waals surface area contributed by atoms with Crippen LogP contribution in [0.3, 0.4) is 0 Å². The largest absolute Gasteiger partial charge is 0.497 e. The van der Waals surface area contributed by atoms with E-state index in [0.29, 0.717) is 11.6 Å². The van der Waals surface area contributed by atoms with Crippen molar-refractivity contribution < 1.29 is 4.74 Å². The summed E-state index contributed by atoms with van der Waals surface area (Å²) in [5, 5.41) is 2.95. The first kappa shape index (κ1) is 13.2. The summed E-state index contributed by atoms with van der Waals surface area (Å²) in [6.45, 7) is 0.